The molecule has 0 fully saturated rings. The molecule has 0 radical (unpaired) electrons. The Morgan fingerprint density at radius 1 is 1.38 bits per heavy atom. The van der Waals surface area contributed by atoms with Gasteiger partial charge in [0.2, 0.25) is 5.91 Å². The molecule has 3 rings (SSSR count). The monoisotopic (exact) mass is 366 g/mol. The Balaban J connectivity index is 1.95. The number of carbonyl (C=O) groups is 1. The summed E-state index contributed by atoms with van der Waals surface area (Å²) < 4.78 is 32.3. The molecule has 2 heterocycles. The molecule has 128 valence electrons. The molecule has 8 heteroatoms. The van der Waals surface area contributed by atoms with Crippen LogP contribution in [0.3, 0.4) is 0 Å². The maximum Gasteiger partial charge on any atom is 0.273 e. The van der Waals surface area contributed by atoms with Crippen LogP contribution in [-0.2, 0) is 26.0 Å². The quantitative estimate of drug-likeness (QED) is 0.882. The molecule has 0 unspecified atom stereocenters. The van der Waals surface area contributed by atoms with Gasteiger partial charge in [-0.2, -0.15) is 0 Å². The molecule has 0 atom stereocenters. The van der Waals surface area contributed by atoms with E-state index in [9.17, 15) is 13.2 Å². The molecule has 0 spiro atoms. The lowest BCUT2D eigenvalue weighted by atomic mass is 10.0. The molecule has 2 aromatic rings. The fourth-order valence-electron chi connectivity index (χ4n) is 2.72. The number of thiophene rings is 1. The summed E-state index contributed by atoms with van der Waals surface area (Å²) in [5.74, 6) is -0.277. The highest BCUT2D eigenvalue weighted by molar-refractivity contribution is 7.94. The molecule has 1 amide bonds. The molecular weight excluding hydrogens is 348 g/mol. The summed E-state index contributed by atoms with van der Waals surface area (Å²) in [5, 5.41) is 4.47. The maximum absolute atomic E-state index is 12.9. The minimum absolute atomic E-state index is 0.0473. The van der Waals surface area contributed by atoms with E-state index in [-0.39, 0.29) is 12.5 Å². The van der Waals surface area contributed by atoms with Gasteiger partial charge in [0, 0.05) is 19.3 Å². The topological polar surface area (TPSA) is 75.7 Å². The summed E-state index contributed by atoms with van der Waals surface area (Å²) in [4.78, 5) is 11.7. The molecule has 6 nitrogen and oxygen atoms in total. The molecule has 0 saturated carbocycles. The lowest BCUT2D eigenvalue weighted by Crippen LogP contribution is -2.35. The largest absolute Gasteiger partial charge is 0.375 e. The van der Waals surface area contributed by atoms with Crippen molar-refractivity contribution in [2.75, 3.05) is 29.9 Å². The van der Waals surface area contributed by atoms with Crippen LogP contribution in [0.1, 0.15) is 12.0 Å². The van der Waals surface area contributed by atoms with E-state index in [1.807, 2.05) is 6.07 Å². The summed E-state index contributed by atoms with van der Waals surface area (Å²) in [6.07, 6.45) is 1.59. The summed E-state index contributed by atoms with van der Waals surface area (Å²) in [7, 11) is -2.13. The number of hydrogen-bond donors (Lipinski definition) is 1. The first-order chi connectivity index (χ1) is 11.5. The van der Waals surface area contributed by atoms with E-state index in [1.165, 1.54) is 22.8 Å². The normalized spacial score (nSPS) is 14.3. The first-order valence-corrected chi connectivity index (χ1v) is 9.82. The van der Waals surface area contributed by atoms with Gasteiger partial charge in [-0.25, -0.2) is 8.42 Å². The molecule has 0 aliphatic carbocycles. The van der Waals surface area contributed by atoms with Gasteiger partial charge in [0.25, 0.3) is 10.0 Å². The SMILES string of the molecule is COCC(=O)Nc1ccc2c(c1)N(S(=O)(=O)c1cccs1)CCC2. The van der Waals surface area contributed by atoms with Crippen molar-refractivity contribution in [1.29, 1.82) is 0 Å². The first kappa shape index (κ1) is 16.9. The Bertz CT molecular complexity index is 832. The van der Waals surface area contributed by atoms with Crippen LogP contribution in [0.25, 0.3) is 0 Å². The van der Waals surface area contributed by atoms with E-state index in [2.05, 4.69) is 5.32 Å². The molecule has 0 saturated heterocycles. The third-order valence-corrected chi connectivity index (χ3v) is 6.95. The number of benzene rings is 1. The lowest BCUT2D eigenvalue weighted by Gasteiger charge is -2.30. The average molecular weight is 366 g/mol. The number of nitrogens with zero attached hydrogens (tertiary/aromatic N) is 1. The number of rotatable bonds is 5. The van der Waals surface area contributed by atoms with E-state index in [0.717, 1.165) is 18.4 Å². The molecule has 1 aliphatic heterocycles. The van der Waals surface area contributed by atoms with Gasteiger partial charge in [-0.05, 0) is 42.0 Å². The van der Waals surface area contributed by atoms with Gasteiger partial charge < -0.3 is 10.1 Å². The maximum atomic E-state index is 12.9. The summed E-state index contributed by atoms with van der Waals surface area (Å²) >= 11 is 1.20. The number of sulfonamides is 1. The molecular formula is C16H18N2O4S2. The fraction of sp³-hybridized carbons (Fsp3) is 0.312. The van der Waals surface area contributed by atoms with Crippen LogP contribution < -0.4 is 9.62 Å². The van der Waals surface area contributed by atoms with Gasteiger partial charge in [-0.3, -0.25) is 9.10 Å². The number of methoxy groups -OCH3 is 1. The number of ether oxygens (including phenoxy) is 1. The van der Waals surface area contributed by atoms with Gasteiger partial charge in [-0.1, -0.05) is 12.1 Å². The molecule has 24 heavy (non-hydrogen) atoms. The molecule has 1 N–H and O–H groups in total. The summed E-state index contributed by atoms with van der Waals surface area (Å²) in [6, 6.07) is 8.71. The Kier molecular flexibility index (Phi) is 4.88. The molecule has 1 aromatic carbocycles. The van der Waals surface area contributed by atoms with Crippen LogP contribution in [0.2, 0.25) is 0 Å². The summed E-state index contributed by atoms with van der Waals surface area (Å²) in [6.45, 7) is 0.386. The van der Waals surface area contributed by atoms with Crippen molar-refractivity contribution < 1.29 is 17.9 Å². The number of amides is 1. The van der Waals surface area contributed by atoms with Crippen LogP contribution in [0, 0.1) is 0 Å². The molecule has 0 bridgehead atoms. The number of hydrogen-bond acceptors (Lipinski definition) is 5. The van der Waals surface area contributed by atoms with Gasteiger partial charge in [0.05, 0.1) is 5.69 Å². The second-order valence-electron chi connectivity index (χ2n) is 5.44. The van der Waals surface area contributed by atoms with Crippen molar-refractivity contribution in [3.05, 3.63) is 41.3 Å². The zero-order chi connectivity index (χ0) is 17.2. The van der Waals surface area contributed by atoms with Crippen molar-refractivity contribution in [3.63, 3.8) is 0 Å². The van der Waals surface area contributed by atoms with E-state index in [4.69, 9.17) is 4.74 Å². The van der Waals surface area contributed by atoms with Crippen LogP contribution in [0.15, 0.2) is 39.9 Å². The van der Waals surface area contributed by atoms with Gasteiger partial charge in [0.1, 0.15) is 10.8 Å². The third kappa shape index (κ3) is 3.31. The first-order valence-electron chi connectivity index (χ1n) is 7.50. The van der Waals surface area contributed by atoms with Crippen LogP contribution in [-0.4, -0.2) is 34.6 Å². The standard InChI is InChI=1S/C16H18N2O4S2/c1-22-11-15(19)17-13-7-6-12-4-2-8-18(14(12)10-13)24(20,21)16-5-3-9-23-16/h3,5-7,9-10H,2,4,8,11H2,1H3,(H,17,19). The highest BCUT2D eigenvalue weighted by atomic mass is 32.2. The van der Waals surface area contributed by atoms with Crippen molar-refractivity contribution in [1.82, 2.24) is 0 Å². The van der Waals surface area contributed by atoms with Crippen molar-refractivity contribution in [3.8, 4) is 0 Å². The highest BCUT2D eigenvalue weighted by Gasteiger charge is 2.30. The molecule has 1 aromatic heterocycles. The van der Waals surface area contributed by atoms with Gasteiger partial charge in [-0.15, -0.1) is 11.3 Å². The van der Waals surface area contributed by atoms with Crippen molar-refractivity contribution in [2.24, 2.45) is 0 Å². The second kappa shape index (κ2) is 6.92. The van der Waals surface area contributed by atoms with Crippen LogP contribution in [0.5, 0.6) is 0 Å². The Morgan fingerprint density at radius 2 is 2.21 bits per heavy atom. The highest BCUT2D eigenvalue weighted by Crippen LogP contribution is 2.35. The van der Waals surface area contributed by atoms with E-state index >= 15 is 0 Å². The third-order valence-electron chi connectivity index (χ3n) is 3.76. The number of anilines is 2. The van der Waals surface area contributed by atoms with Crippen molar-refractivity contribution in [2.45, 2.75) is 17.1 Å². The Labute approximate surface area is 145 Å². The average Bonchev–Trinajstić information content (AvgIpc) is 3.09. The minimum atomic E-state index is -3.57. The Hall–Kier alpha value is -1.90. The minimum Gasteiger partial charge on any atom is -0.375 e. The smallest absolute Gasteiger partial charge is 0.273 e. The zero-order valence-corrected chi connectivity index (χ0v) is 14.8. The molecule has 1 aliphatic rings. The van der Waals surface area contributed by atoms with E-state index < -0.39 is 10.0 Å². The van der Waals surface area contributed by atoms with Crippen molar-refractivity contribution >= 4 is 38.6 Å². The van der Waals surface area contributed by atoms with Crippen LogP contribution in [0.4, 0.5) is 11.4 Å². The zero-order valence-electron chi connectivity index (χ0n) is 13.2. The van der Waals surface area contributed by atoms with Gasteiger partial charge >= 0.3 is 0 Å². The van der Waals surface area contributed by atoms with Crippen LogP contribution >= 0.6 is 11.3 Å². The van der Waals surface area contributed by atoms with Gasteiger partial charge in [0.15, 0.2) is 0 Å². The number of carbonyl (C=O) groups excluding carboxylic acids is 1. The Morgan fingerprint density at radius 3 is 2.92 bits per heavy atom. The number of nitrogens with one attached hydrogen (secondary N) is 1. The van der Waals surface area contributed by atoms with E-state index in [0.29, 0.717) is 22.1 Å². The predicted molar refractivity (Wildman–Crippen MR) is 94.1 cm³/mol. The summed E-state index contributed by atoms with van der Waals surface area (Å²) in [5.41, 5.74) is 2.15. The second-order valence-corrected chi connectivity index (χ2v) is 8.47. The predicted octanol–water partition coefficient (Wildman–Crippen LogP) is 2.47. The fourth-order valence-corrected chi connectivity index (χ4v) is 5.35. The number of aryl methyl sites for hydroxylation is 1. The van der Waals surface area contributed by atoms with E-state index in [1.54, 1.807) is 29.6 Å². The number of fused-ring (bicyclic) bond motifs is 1. The lowest BCUT2D eigenvalue weighted by molar-refractivity contribution is -0.119.